The number of nitrogens with two attached hydrogens (primary N) is 1. The Morgan fingerprint density at radius 1 is 1.62 bits per heavy atom. The molecule has 0 spiro atoms. The molecule has 0 aromatic rings. The monoisotopic (exact) mass is 207 g/mol. The van der Waals surface area contributed by atoms with Crippen molar-refractivity contribution in [1.29, 1.82) is 0 Å². The van der Waals surface area contributed by atoms with Crippen LogP contribution < -0.4 is 5.73 Å². The normalized spacial score (nSPS) is 34.7. The van der Waals surface area contributed by atoms with Gasteiger partial charge in [-0.05, 0) is 12.8 Å². The molecule has 0 aromatic carbocycles. The van der Waals surface area contributed by atoms with Gasteiger partial charge in [0.2, 0.25) is 0 Å². The summed E-state index contributed by atoms with van der Waals surface area (Å²) < 4.78 is 22.3. The SMILES string of the molecule is CCCC(N)C1(O)CCS(=O)(=O)C1. The van der Waals surface area contributed by atoms with Gasteiger partial charge in [0.1, 0.15) is 0 Å². The van der Waals surface area contributed by atoms with Crippen LogP contribution in [0, 0.1) is 0 Å². The van der Waals surface area contributed by atoms with Crippen LogP contribution >= 0.6 is 0 Å². The van der Waals surface area contributed by atoms with Crippen molar-refractivity contribution in [2.45, 2.75) is 37.8 Å². The van der Waals surface area contributed by atoms with E-state index < -0.39 is 21.5 Å². The molecule has 4 nitrogen and oxygen atoms in total. The molecule has 0 bridgehead atoms. The van der Waals surface area contributed by atoms with Crippen molar-refractivity contribution in [1.82, 2.24) is 0 Å². The number of rotatable bonds is 3. The molecule has 2 unspecified atom stereocenters. The van der Waals surface area contributed by atoms with Gasteiger partial charge < -0.3 is 10.8 Å². The summed E-state index contributed by atoms with van der Waals surface area (Å²) in [6.45, 7) is 1.96. The number of hydrogen-bond acceptors (Lipinski definition) is 4. The maximum Gasteiger partial charge on any atom is 0.153 e. The first kappa shape index (κ1) is 10.9. The van der Waals surface area contributed by atoms with Crippen LogP contribution in [0.1, 0.15) is 26.2 Å². The Kier molecular flexibility index (Phi) is 2.99. The largest absolute Gasteiger partial charge is 0.387 e. The molecule has 2 atom stereocenters. The lowest BCUT2D eigenvalue weighted by Crippen LogP contribution is -2.48. The first-order valence-electron chi connectivity index (χ1n) is 4.58. The van der Waals surface area contributed by atoms with Gasteiger partial charge in [0.15, 0.2) is 9.84 Å². The van der Waals surface area contributed by atoms with E-state index in [1.165, 1.54) is 0 Å². The minimum atomic E-state index is -3.05. The minimum Gasteiger partial charge on any atom is -0.387 e. The van der Waals surface area contributed by atoms with E-state index in [9.17, 15) is 13.5 Å². The van der Waals surface area contributed by atoms with Gasteiger partial charge in [-0.1, -0.05) is 13.3 Å². The second-order valence-electron chi connectivity index (χ2n) is 3.84. The molecule has 13 heavy (non-hydrogen) atoms. The zero-order chi connectivity index (χ0) is 10.1. The Morgan fingerprint density at radius 2 is 2.23 bits per heavy atom. The van der Waals surface area contributed by atoms with E-state index >= 15 is 0 Å². The molecule has 0 saturated carbocycles. The summed E-state index contributed by atoms with van der Waals surface area (Å²) >= 11 is 0. The quantitative estimate of drug-likeness (QED) is 0.663. The highest BCUT2D eigenvalue weighted by molar-refractivity contribution is 7.91. The van der Waals surface area contributed by atoms with Crippen molar-refractivity contribution < 1.29 is 13.5 Å². The Labute approximate surface area is 79.0 Å². The molecular weight excluding hydrogens is 190 g/mol. The van der Waals surface area contributed by atoms with Crippen molar-refractivity contribution in [2.24, 2.45) is 5.73 Å². The van der Waals surface area contributed by atoms with Crippen LogP contribution in [0.3, 0.4) is 0 Å². The van der Waals surface area contributed by atoms with Crippen molar-refractivity contribution in [3.8, 4) is 0 Å². The van der Waals surface area contributed by atoms with E-state index in [4.69, 9.17) is 5.73 Å². The van der Waals surface area contributed by atoms with Crippen LogP contribution in [0.25, 0.3) is 0 Å². The maximum atomic E-state index is 11.1. The number of aliphatic hydroxyl groups is 1. The fourth-order valence-electron chi connectivity index (χ4n) is 1.73. The number of hydrogen-bond donors (Lipinski definition) is 2. The van der Waals surface area contributed by atoms with Crippen LogP contribution in [0.4, 0.5) is 0 Å². The zero-order valence-electron chi connectivity index (χ0n) is 7.86. The minimum absolute atomic E-state index is 0.0704. The molecule has 1 saturated heterocycles. The van der Waals surface area contributed by atoms with E-state index in [0.29, 0.717) is 6.42 Å². The van der Waals surface area contributed by atoms with Gasteiger partial charge in [-0.15, -0.1) is 0 Å². The van der Waals surface area contributed by atoms with Crippen molar-refractivity contribution in [3.63, 3.8) is 0 Å². The van der Waals surface area contributed by atoms with Crippen LogP contribution in [0.5, 0.6) is 0 Å². The first-order chi connectivity index (χ1) is 5.90. The highest BCUT2D eigenvalue weighted by Gasteiger charge is 2.44. The smallest absolute Gasteiger partial charge is 0.153 e. The lowest BCUT2D eigenvalue weighted by molar-refractivity contribution is 0.0370. The predicted molar refractivity (Wildman–Crippen MR) is 51.1 cm³/mol. The fourth-order valence-corrected chi connectivity index (χ4v) is 3.66. The summed E-state index contributed by atoms with van der Waals surface area (Å²) in [4.78, 5) is 0. The van der Waals surface area contributed by atoms with Crippen molar-refractivity contribution >= 4 is 9.84 Å². The summed E-state index contributed by atoms with van der Waals surface area (Å²) in [6, 6.07) is -0.408. The Hall–Kier alpha value is -0.130. The average molecular weight is 207 g/mol. The van der Waals surface area contributed by atoms with Crippen LogP contribution in [0.2, 0.25) is 0 Å². The molecular formula is C8H17NO3S. The maximum absolute atomic E-state index is 11.1. The van der Waals surface area contributed by atoms with Gasteiger partial charge in [-0.2, -0.15) is 0 Å². The second-order valence-corrected chi connectivity index (χ2v) is 6.02. The van der Waals surface area contributed by atoms with E-state index in [-0.39, 0.29) is 17.9 Å². The summed E-state index contributed by atoms with van der Waals surface area (Å²) in [7, 11) is -3.05. The third-order valence-electron chi connectivity index (χ3n) is 2.61. The fraction of sp³-hybridized carbons (Fsp3) is 1.00. The molecule has 0 aromatic heterocycles. The average Bonchev–Trinajstić information content (AvgIpc) is 2.28. The topological polar surface area (TPSA) is 80.4 Å². The third kappa shape index (κ3) is 2.42. The lowest BCUT2D eigenvalue weighted by Gasteiger charge is -2.27. The van der Waals surface area contributed by atoms with E-state index in [1.54, 1.807) is 0 Å². The molecule has 0 radical (unpaired) electrons. The molecule has 1 aliphatic heterocycles. The van der Waals surface area contributed by atoms with E-state index in [2.05, 4.69) is 0 Å². The van der Waals surface area contributed by atoms with Crippen molar-refractivity contribution in [2.75, 3.05) is 11.5 Å². The first-order valence-corrected chi connectivity index (χ1v) is 6.40. The molecule has 1 fully saturated rings. The third-order valence-corrected chi connectivity index (χ3v) is 4.37. The van der Waals surface area contributed by atoms with Crippen LogP contribution in [-0.2, 0) is 9.84 Å². The summed E-state index contributed by atoms with van der Waals surface area (Å²) in [5, 5.41) is 9.92. The highest BCUT2D eigenvalue weighted by atomic mass is 32.2. The van der Waals surface area contributed by atoms with Gasteiger partial charge in [0.25, 0.3) is 0 Å². The standard InChI is InChI=1S/C8H17NO3S/c1-2-3-7(9)8(10)4-5-13(11,12)6-8/h7,10H,2-6,9H2,1H3. The molecule has 1 aliphatic rings. The molecule has 1 heterocycles. The number of sulfone groups is 1. The summed E-state index contributed by atoms with van der Waals surface area (Å²) in [6.07, 6.45) is 1.83. The van der Waals surface area contributed by atoms with Gasteiger partial charge in [-0.3, -0.25) is 0 Å². The van der Waals surface area contributed by atoms with Crippen LogP contribution in [0.15, 0.2) is 0 Å². The molecule has 1 rings (SSSR count). The Morgan fingerprint density at radius 3 is 2.62 bits per heavy atom. The predicted octanol–water partition coefficient (Wildman–Crippen LogP) is -0.337. The lowest BCUT2D eigenvalue weighted by atomic mass is 9.91. The van der Waals surface area contributed by atoms with Gasteiger partial charge in [-0.25, -0.2) is 8.42 Å². The molecule has 5 heteroatoms. The van der Waals surface area contributed by atoms with Gasteiger partial charge >= 0.3 is 0 Å². The Bertz CT molecular complexity index is 275. The second kappa shape index (κ2) is 3.55. The summed E-state index contributed by atoms with van der Waals surface area (Å²) in [5.41, 5.74) is 4.56. The van der Waals surface area contributed by atoms with E-state index in [0.717, 1.165) is 6.42 Å². The highest BCUT2D eigenvalue weighted by Crippen LogP contribution is 2.27. The molecule has 3 N–H and O–H groups in total. The zero-order valence-corrected chi connectivity index (χ0v) is 8.68. The van der Waals surface area contributed by atoms with Crippen LogP contribution in [-0.4, -0.2) is 36.7 Å². The Balaban J connectivity index is 2.69. The van der Waals surface area contributed by atoms with Gasteiger partial charge in [0, 0.05) is 6.04 Å². The molecule has 0 aliphatic carbocycles. The molecule has 0 amide bonds. The molecule has 78 valence electrons. The van der Waals surface area contributed by atoms with Gasteiger partial charge in [0.05, 0.1) is 17.1 Å². The van der Waals surface area contributed by atoms with E-state index in [1.807, 2.05) is 6.92 Å². The van der Waals surface area contributed by atoms with Crippen molar-refractivity contribution in [3.05, 3.63) is 0 Å². The summed E-state index contributed by atoms with van der Waals surface area (Å²) in [5.74, 6) is -0.0952.